The van der Waals surface area contributed by atoms with Gasteiger partial charge in [0.05, 0.1) is 6.54 Å². The van der Waals surface area contributed by atoms with Gasteiger partial charge in [0.15, 0.2) is 0 Å². The van der Waals surface area contributed by atoms with Crippen molar-refractivity contribution in [1.29, 1.82) is 0 Å². The molecule has 0 bridgehead atoms. The number of piperidine rings is 1. The predicted molar refractivity (Wildman–Crippen MR) is 91.9 cm³/mol. The summed E-state index contributed by atoms with van der Waals surface area (Å²) in [5, 5.41) is 0. The molecule has 0 atom stereocenters. The summed E-state index contributed by atoms with van der Waals surface area (Å²) in [5.74, 6) is 3.74. The first-order valence-corrected chi connectivity index (χ1v) is 9.97. The minimum Gasteiger partial charge on any atom is -0.298 e. The number of carbonyl (C=O) groups is 1. The molecule has 0 aromatic rings. The van der Waals surface area contributed by atoms with Gasteiger partial charge in [-0.05, 0) is 69.4 Å². The van der Waals surface area contributed by atoms with E-state index in [1.165, 1.54) is 70.6 Å². The van der Waals surface area contributed by atoms with E-state index in [1.807, 2.05) is 0 Å². The molecule has 1 saturated heterocycles. The second-order valence-corrected chi connectivity index (χ2v) is 8.43. The lowest BCUT2D eigenvalue weighted by Gasteiger charge is -2.36. The van der Waals surface area contributed by atoms with Gasteiger partial charge in [0.1, 0.15) is 5.78 Å². The molecule has 0 radical (unpaired) electrons. The SMILES string of the molecule is CC1CCN(CC(=O)C2CCC(C3CCCCC3)CC2)CC1. The Labute approximate surface area is 137 Å². The van der Waals surface area contributed by atoms with Gasteiger partial charge in [-0.1, -0.05) is 39.0 Å². The third-order valence-electron chi connectivity index (χ3n) is 6.80. The Morgan fingerprint density at radius 3 is 2.05 bits per heavy atom. The second-order valence-electron chi connectivity index (χ2n) is 8.43. The summed E-state index contributed by atoms with van der Waals surface area (Å²) >= 11 is 0. The van der Waals surface area contributed by atoms with Crippen LogP contribution in [-0.2, 0) is 4.79 Å². The second kappa shape index (κ2) is 7.95. The summed E-state index contributed by atoms with van der Waals surface area (Å²) in [5.41, 5.74) is 0. The van der Waals surface area contributed by atoms with Gasteiger partial charge < -0.3 is 0 Å². The van der Waals surface area contributed by atoms with Crippen molar-refractivity contribution in [3.8, 4) is 0 Å². The zero-order valence-corrected chi connectivity index (χ0v) is 14.6. The fraction of sp³-hybridized carbons (Fsp3) is 0.950. The van der Waals surface area contributed by atoms with Crippen molar-refractivity contribution >= 4 is 5.78 Å². The van der Waals surface area contributed by atoms with Crippen LogP contribution in [0.3, 0.4) is 0 Å². The summed E-state index contributed by atoms with van der Waals surface area (Å²) in [6.07, 6.45) is 14.9. The highest BCUT2D eigenvalue weighted by atomic mass is 16.1. The van der Waals surface area contributed by atoms with Crippen molar-refractivity contribution in [1.82, 2.24) is 4.90 Å². The number of likely N-dealkylation sites (tertiary alicyclic amines) is 1. The number of hydrogen-bond acceptors (Lipinski definition) is 2. The third-order valence-corrected chi connectivity index (χ3v) is 6.80. The van der Waals surface area contributed by atoms with Gasteiger partial charge in [-0.2, -0.15) is 0 Å². The highest BCUT2D eigenvalue weighted by molar-refractivity contribution is 5.83. The minimum absolute atomic E-state index is 0.388. The molecule has 3 aliphatic rings. The van der Waals surface area contributed by atoms with E-state index in [1.54, 1.807) is 0 Å². The molecule has 0 aromatic carbocycles. The van der Waals surface area contributed by atoms with Gasteiger partial charge >= 0.3 is 0 Å². The average molecular weight is 306 g/mol. The number of Topliss-reactive ketones (excluding diaryl/α,β-unsaturated/α-hetero) is 1. The standard InChI is InChI=1S/C20H35NO/c1-16-11-13-21(14-12-16)15-20(22)19-9-7-18(8-10-19)17-5-3-2-4-6-17/h16-19H,2-15H2,1H3. The Bertz CT molecular complexity index is 345. The quantitative estimate of drug-likeness (QED) is 0.752. The Hall–Kier alpha value is -0.370. The molecule has 2 heteroatoms. The zero-order valence-electron chi connectivity index (χ0n) is 14.6. The maximum atomic E-state index is 12.6. The molecule has 0 aromatic heterocycles. The van der Waals surface area contributed by atoms with Crippen molar-refractivity contribution in [2.24, 2.45) is 23.7 Å². The largest absolute Gasteiger partial charge is 0.298 e. The minimum atomic E-state index is 0.388. The number of ketones is 1. The molecule has 22 heavy (non-hydrogen) atoms. The molecule has 2 nitrogen and oxygen atoms in total. The van der Waals surface area contributed by atoms with Crippen LogP contribution in [-0.4, -0.2) is 30.3 Å². The number of carbonyl (C=O) groups excluding carboxylic acids is 1. The molecular weight excluding hydrogens is 270 g/mol. The van der Waals surface area contributed by atoms with Gasteiger partial charge in [-0.25, -0.2) is 0 Å². The maximum absolute atomic E-state index is 12.6. The van der Waals surface area contributed by atoms with E-state index < -0.39 is 0 Å². The summed E-state index contributed by atoms with van der Waals surface area (Å²) in [7, 11) is 0. The lowest BCUT2D eigenvalue weighted by atomic mass is 9.70. The monoisotopic (exact) mass is 305 g/mol. The molecule has 0 N–H and O–H groups in total. The Morgan fingerprint density at radius 1 is 0.818 bits per heavy atom. The third kappa shape index (κ3) is 4.34. The first kappa shape index (κ1) is 16.5. The van der Waals surface area contributed by atoms with Gasteiger partial charge in [0.25, 0.3) is 0 Å². The number of hydrogen-bond donors (Lipinski definition) is 0. The number of nitrogens with zero attached hydrogens (tertiary/aromatic N) is 1. The first-order chi connectivity index (χ1) is 10.7. The summed E-state index contributed by atoms with van der Waals surface area (Å²) in [6.45, 7) is 5.37. The van der Waals surface area contributed by atoms with Gasteiger partial charge in [-0.15, -0.1) is 0 Å². The normalized spacial score (nSPS) is 33.0. The van der Waals surface area contributed by atoms with E-state index in [0.717, 1.165) is 37.4 Å². The van der Waals surface area contributed by atoms with Gasteiger partial charge in [0, 0.05) is 5.92 Å². The first-order valence-electron chi connectivity index (χ1n) is 9.97. The van der Waals surface area contributed by atoms with Gasteiger partial charge in [-0.3, -0.25) is 9.69 Å². The van der Waals surface area contributed by atoms with E-state index in [-0.39, 0.29) is 0 Å². The van der Waals surface area contributed by atoms with Crippen LogP contribution in [0, 0.1) is 23.7 Å². The van der Waals surface area contributed by atoms with Crippen molar-refractivity contribution in [2.45, 2.75) is 77.6 Å². The lowest BCUT2D eigenvalue weighted by Crippen LogP contribution is -2.39. The van der Waals surface area contributed by atoms with E-state index in [2.05, 4.69) is 11.8 Å². The molecule has 0 amide bonds. The van der Waals surface area contributed by atoms with E-state index in [4.69, 9.17) is 0 Å². The molecule has 0 unspecified atom stereocenters. The smallest absolute Gasteiger partial charge is 0.149 e. The summed E-state index contributed by atoms with van der Waals surface area (Å²) in [4.78, 5) is 15.0. The van der Waals surface area contributed by atoms with Crippen LogP contribution in [0.15, 0.2) is 0 Å². The molecular formula is C20H35NO. The van der Waals surface area contributed by atoms with E-state index in [0.29, 0.717) is 11.7 Å². The Morgan fingerprint density at radius 2 is 1.41 bits per heavy atom. The van der Waals surface area contributed by atoms with Crippen LogP contribution in [0.1, 0.15) is 77.6 Å². The van der Waals surface area contributed by atoms with Crippen molar-refractivity contribution < 1.29 is 4.79 Å². The van der Waals surface area contributed by atoms with Crippen LogP contribution in [0.2, 0.25) is 0 Å². The predicted octanol–water partition coefficient (Wildman–Crippen LogP) is 4.67. The Kier molecular flexibility index (Phi) is 5.95. The van der Waals surface area contributed by atoms with Crippen molar-refractivity contribution in [2.75, 3.05) is 19.6 Å². The topological polar surface area (TPSA) is 20.3 Å². The fourth-order valence-electron chi connectivity index (χ4n) is 5.09. The van der Waals surface area contributed by atoms with Crippen LogP contribution < -0.4 is 0 Å². The summed E-state index contributed by atoms with van der Waals surface area (Å²) < 4.78 is 0. The zero-order chi connectivity index (χ0) is 15.4. The van der Waals surface area contributed by atoms with Crippen LogP contribution in [0.5, 0.6) is 0 Å². The van der Waals surface area contributed by atoms with Crippen LogP contribution in [0.25, 0.3) is 0 Å². The number of rotatable bonds is 4. The lowest BCUT2D eigenvalue weighted by molar-refractivity contribution is -0.125. The molecule has 0 spiro atoms. The molecule has 3 rings (SSSR count). The molecule has 126 valence electrons. The fourth-order valence-corrected chi connectivity index (χ4v) is 5.09. The van der Waals surface area contributed by atoms with E-state index >= 15 is 0 Å². The summed E-state index contributed by atoms with van der Waals surface area (Å²) in [6, 6.07) is 0. The van der Waals surface area contributed by atoms with Crippen LogP contribution in [0.4, 0.5) is 0 Å². The molecule has 3 fully saturated rings. The van der Waals surface area contributed by atoms with E-state index in [9.17, 15) is 4.79 Å². The molecule has 1 aliphatic heterocycles. The molecule has 2 saturated carbocycles. The van der Waals surface area contributed by atoms with Crippen LogP contribution >= 0.6 is 0 Å². The highest BCUT2D eigenvalue weighted by Gasteiger charge is 2.31. The van der Waals surface area contributed by atoms with Crippen molar-refractivity contribution in [3.63, 3.8) is 0 Å². The van der Waals surface area contributed by atoms with Crippen molar-refractivity contribution in [3.05, 3.63) is 0 Å². The highest BCUT2D eigenvalue weighted by Crippen LogP contribution is 2.40. The molecule has 2 aliphatic carbocycles. The van der Waals surface area contributed by atoms with Gasteiger partial charge in [0.2, 0.25) is 0 Å². The average Bonchev–Trinajstić information content (AvgIpc) is 2.58. The maximum Gasteiger partial charge on any atom is 0.149 e. The Balaban J connectivity index is 1.39. The molecule has 1 heterocycles.